The van der Waals surface area contributed by atoms with Gasteiger partial charge < -0.3 is 15.2 Å². The Bertz CT molecular complexity index is 402. The third-order valence-electron chi connectivity index (χ3n) is 2.69. The molecule has 1 aromatic heterocycles. The molecular formula is C12H21F2IN4O. The fourth-order valence-corrected chi connectivity index (χ4v) is 1.70. The zero-order valence-corrected chi connectivity index (χ0v) is 14.2. The highest BCUT2D eigenvalue weighted by Crippen LogP contribution is 2.15. The molecule has 0 aliphatic heterocycles. The normalized spacial score (nSPS) is 11.4. The van der Waals surface area contributed by atoms with Crippen molar-refractivity contribution < 1.29 is 13.3 Å². The molecule has 0 unspecified atom stereocenters. The van der Waals surface area contributed by atoms with Crippen LogP contribution < -0.4 is 10.6 Å². The lowest BCUT2D eigenvalue weighted by Crippen LogP contribution is -2.39. The molecule has 1 rings (SSSR count). The van der Waals surface area contributed by atoms with E-state index in [9.17, 15) is 8.78 Å². The summed E-state index contributed by atoms with van der Waals surface area (Å²) in [5.41, 5.74) is 1.86. The fraction of sp³-hybridized carbons (Fsp3) is 0.667. The van der Waals surface area contributed by atoms with Crippen molar-refractivity contribution in [2.45, 2.75) is 39.7 Å². The smallest absolute Gasteiger partial charge is 0.255 e. The summed E-state index contributed by atoms with van der Waals surface area (Å²) < 4.78 is 29.5. The van der Waals surface area contributed by atoms with E-state index in [1.807, 2.05) is 13.8 Å². The molecule has 0 bridgehead atoms. The van der Waals surface area contributed by atoms with Crippen molar-refractivity contribution in [3.63, 3.8) is 0 Å². The van der Waals surface area contributed by atoms with Crippen LogP contribution in [0.1, 0.15) is 30.9 Å². The second-order valence-electron chi connectivity index (χ2n) is 3.94. The summed E-state index contributed by atoms with van der Waals surface area (Å²) in [5, 5.41) is 9.51. The Morgan fingerprint density at radius 2 is 2.00 bits per heavy atom. The van der Waals surface area contributed by atoms with Gasteiger partial charge in [-0.05, 0) is 6.42 Å². The van der Waals surface area contributed by atoms with E-state index in [0.29, 0.717) is 12.5 Å². The molecule has 1 heterocycles. The zero-order valence-electron chi connectivity index (χ0n) is 11.9. The summed E-state index contributed by atoms with van der Waals surface area (Å²) >= 11 is 0. The lowest BCUT2D eigenvalue weighted by Gasteiger charge is -2.11. The van der Waals surface area contributed by atoms with Crippen molar-refractivity contribution in [3.05, 3.63) is 17.0 Å². The van der Waals surface area contributed by atoms with Crippen LogP contribution in [0.5, 0.6) is 0 Å². The van der Waals surface area contributed by atoms with Crippen LogP contribution >= 0.6 is 24.0 Å². The summed E-state index contributed by atoms with van der Waals surface area (Å²) in [6.07, 6.45) is -0.900. The number of halogens is 3. The average Bonchev–Trinajstić information content (AvgIpc) is 2.80. The van der Waals surface area contributed by atoms with Crippen molar-refractivity contribution in [2.75, 3.05) is 13.6 Å². The van der Waals surface area contributed by atoms with E-state index in [-0.39, 0.29) is 24.0 Å². The number of aliphatic imine (C=N–C) groups is 1. The molecule has 0 atom stereocenters. The molecule has 116 valence electrons. The minimum Gasteiger partial charge on any atom is -0.361 e. The molecule has 0 amide bonds. The summed E-state index contributed by atoms with van der Waals surface area (Å²) in [4.78, 5) is 3.88. The van der Waals surface area contributed by atoms with Crippen molar-refractivity contribution in [2.24, 2.45) is 4.99 Å². The Kier molecular flexibility index (Phi) is 9.43. The molecule has 1 aromatic rings. The van der Waals surface area contributed by atoms with Gasteiger partial charge in [0.25, 0.3) is 6.43 Å². The molecule has 0 saturated heterocycles. The second-order valence-corrected chi connectivity index (χ2v) is 3.94. The minimum atomic E-state index is -2.41. The standard InChI is InChI=1S/C12H20F2N4O.HI/c1-4-9-8(10(5-2)19-18-9)6-16-12(15-3)17-7-11(13)14;/h11H,4-7H2,1-3H3,(H2,15,16,17);1H. The predicted molar refractivity (Wildman–Crippen MR) is 84.9 cm³/mol. The first kappa shape index (κ1) is 19.1. The first-order chi connectivity index (χ1) is 9.12. The van der Waals surface area contributed by atoms with Gasteiger partial charge in [0.2, 0.25) is 0 Å². The van der Waals surface area contributed by atoms with E-state index >= 15 is 0 Å². The minimum absolute atomic E-state index is 0. The van der Waals surface area contributed by atoms with Crippen LogP contribution in [-0.2, 0) is 19.4 Å². The van der Waals surface area contributed by atoms with Gasteiger partial charge in [0.05, 0.1) is 12.2 Å². The SMILES string of the molecule is CCc1noc(CC)c1CNC(=NC)NCC(F)F.I. The number of alkyl halides is 2. The van der Waals surface area contributed by atoms with Gasteiger partial charge in [-0.2, -0.15) is 0 Å². The van der Waals surface area contributed by atoms with Crippen LogP contribution in [0, 0.1) is 0 Å². The van der Waals surface area contributed by atoms with Gasteiger partial charge in [0, 0.05) is 25.6 Å². The number of hydrogen-bond acceptors (Lipinski definition) is 3. The lowest BCUT2D eigenvalue weighted by atomic mass is 10.1. The van der Waals surface area contributed by atoms with Crippen LogP contribution in [0.25, 0.3) is 0 Å². The van der Waals surface area contributed by atoms with Gasteiger partial charge in [0.1, 0.15) is 5.76 Å². The highest BCUT2D eigenvalue weighted by molar-refractivity contribution is 14.0. The summed E-state index contributed by atoms with van der Waals surface area (Å²) in [7, 11) is 1.54. The van der Waals surface area contributed by atoms with Gasteiger partial charge >= 0.3 is 0 Å². The molecule has 5 nitrogen and oxygen atoms in total. The van der Waals surface area contributed by atoms with Gasteiger partial charge in [-0.1, -0.05) is 19.0 Å². The molecule has 0 radical (unpaired) electrons. The molecule has 0 aliphatic carbocycles. The second kappa shape index (κ2) is 9.89. The topological polar surface area (TPSA) is 62.5 Å². The Balaban J connectivity index is 0.00000361. The molecule has 0 saturated carbocycles. The Hall–Kier alpha value is -0.930. The van der Waals surface area contributed by atoms with Crippen molar-refractivity contribution >= 4 is 29.9 Å². The van der Waals surface area contributed by atoms with Crippen LogP contribution in [0.15, 0.2) is 9.52 Å². The quantitative estimate of drug-likeness (QED) is 0.436. The first-order valence-electron chi connectivity index (χ1n) is 6.31. The monoisotopic (exact) mass is 402 g/mol. The maximum atomic E-state index is 12.1. The summed E-state index contributed by atoms with van der Waals surface area (Å²) in [5.74, 6) is 1.15. The Morgan fingerprint density at radius 1 is 1.30 bits per heavy atom. The van der Waals surface area contributed by atoms with Gasteiger partial charge in [-0.25, -0.2) is 8.78 Å². The first-order valence-corrected chi connectivity index (χ1v) is 6.31. The van der Waals surface area contributed by atoms with Gasteiger partial charge in [0.15, 0.2) is 5.96 Å². The molecular weight excluding hydrogens is 381 g/mol. The zero-order chi connectivity index (χ0) is 14.3. The number of guanidine groups is 1. The average molecular weight is 402 g/mol. The van der Waals surface area contributed by atoms with E-state index in [0.717, 1.165) is 29.9 Å². The molecule has 0 spiro atoms. The highest BCUT2D eigenvalue weighted by atomic mass is 127. The van der Waals surface area contributed by atoms with E-state index in [1.165, 1.54) is 7.05 Å². The molecule has 8 heteroatoms. The molecule has 0 fully saturated rings. The largest absolute Gasteiger partial charge is 0.361 e. The van der Waals surface area contributed by atoms with E-state index in [2.05, 4.69) is 20.8 Å². The third-order valence-corrected chi connectivity index (χ3v) is 2.69. The summed E-state index contributed by atoms with van der Waals surface area (Å²) in [6.45, 7) is 4.00. The van der Waals surface area contributed by atoms with Crippen LogP contribution in [0.2, 0.25) is 0 Å². The van der Waals surface area contributed by atoms with E-state index in [4.69, 9.17) is 4.52 Å². The molecule has 0 aromatic carbocycles. The van der Waals surface area contributed by atoms with Crippen molar-refractivity contribution in [3.8, 4) is 0 Å². The molecule has 2 N–H and O–H groups in total. The van der Waals surface area contributed by atoms with Gasteiger partial charge in [-0.3, -0.25) is 4.99 Å². The number of rotatable bonds is 6. The number of nitrogens with one attached hydrogen (secondary N) is 2. The summed E-state index contributed by atoms with van der Waals surface area (Å²) in [6, 6.07) is 0. The lowest BCUT2D eigenvalue weighted by molar-refractivity contribution is 0.152. The molecule has 0 aliphatic rings. The number of nitrogens with zero attached hydrogens (tertiary/aromatic N) is 2. The van der Waals surface area contributed by atoms with Crippen LogP contribution in [-0.4, -0.2) is 31.1 Å². The molecule has 20 heavy (non-hydrogen) atoms. The van der Waals surface area contributed by atoms with Crippen LogP contribution in [0.4, 0.5) is 8.78 Å². The highest BCUT2D eigenvalue weighted by Gasteiger charge is 2.13. The predicted octanol–water partition coefficient (Wildman–Crippen LogP) is 2.35. The Morgan fingerprint density at radius 3 is 2.50 bits per heavy atom. The third kappa shape index (κ3) is 5.59. The van der Waals surface area contributed by atoms with Crippen LogP contribution in [0.3, 0.4) is 0 Å². The maximum Gasteiger partial charge on any atom is 0.255 e. The van der Waals surface area contributed by atoms with Crippen molar-refractivity contribution in [1.29, 1.82) is 0 Å². The number of aryl methyl sites for hydroxylation is 2. The number of aromatic nitrogens is 1. The maximum absolute atomic E-state index is 12.1. The van der Waals surface area contributed by atoms with E-state index in [1.54, 1.807) is 0 Å². The number of hydrogen-bond donors (Lipinski definition) is 2. The fourth-order valence-electron chi connectivity index (χ4n) is 1.70. The van der Waals surface area contributed by atoms with Gasteiger partial charge in [-0.15, -0.1) is 24.0 Å². The van der Waals surface area contributed by atoms with E-state index < -0.39 is 13.0 Å². The Labute approximate surface area is 134 Å². The van der Waals surface area contributed by atoms with Crippen molar-refractivity contribution in [1.82, 2.24) is 15.8 Å².